The molecule has 3 rings (SSSR count). The molecule has 0 spiro atoms. The first-order valence-electron chi connectivity index (χ1n) is 8.83. The number of ether oxygens (including phenoxy) is 2. The Morgan fingerprint density at radius 3 is 2.46 bits per heavy atom. The summed E-state index contributed by atoms with van der Waals surface area (Å²) >= 11 is 0. The molecule has 1 heterocycles. The number of anilines is 1. The van der Waals surface area contributed by atoms with Crippen LogP contribution in [0, 0.1) is 13.8 Å². The second kappa shape index (κ2) is 8.51. The van der Waals surface area contributed by atoms with Crippen molar-refractivity contribution in [1.82, 2.24) is 20.6 Å². The van der Waals surface area contributed by atoms with Gasteiger partial charge in [0.2, 0.25) is 5.91 Å². The highest BCUT2D eigenvalue weighted by Gasteiger charge is 2.27. The van der Waals surface area contributed by atoms with Crippen molar-refractivity contribution in [2.24, 2.45) is 0 Å². The largest absolute Gasteiger partial charge is 0.497 e. The number of aromatic nitrogens is 4. The number of methoxy groups -OCH3 is 2. The minimum absolute atomic E-state index is 0.218. The highest BCUT2D eigenvalue weighted by Crippen LogP contribution is 2.29. The van der Waals surface area contributed by atoms with E-state index in [-0.39, 0.29) is 5.91 Å². The van der Waals surface area contributed by atoms with Crippen molar-refractivity contribution >= 4 is 11.6 Å². The molecule has 0 unspecified atom stereocenters. The van der Waals surface area contributed by atoms with Crippen LogP contribution in [0.1, 0.15) is 28.4 Å². The second-order valence-corrected chi connectivity index (χ2v) is 6.57. The summed E-state index contributed by atoms with van der Waals surface area (Å²) in [6.45, 7) is 3.98. The van der Waals surface area contributed by atoms with Gasteiger partial charge in [-0.1, -0.05) is 17.3 Å². The van der Waals surface area contributed by atoms with Crippen LogP contribution in [0.5, 0.6) is 11.5 Å². The number of aromatic amines is 1. The number of tetrazole rings is 1. The van der Waals surface area contributed by atoms with Gasteiger partial charge >= 0.3 is 0 Å². The van der Waals surface area contributed by atoms with E-state index >= 15 is 0 Å². The first kappa shape index (κ1) is 19.3. The molecule has 1 atom stereocenters. The predicted octanol–water partition coefficient (Wildman–Crippen LogP) is 2.80. The maximum atomic E-state index is 13.1. The number of aryl methyl sites for hydroxylation is 2. The van der Waals surface area contributed by atoms with Crippen molar-refractivity contribution in [3.05, 3.63) is 58.9 Å². The molecule has 2 N–H and O–H groups in total. The van der Waals surface area contributed by atoms with Gasteiger partial charge in [-0.25, -0.2) is 0 Å². The van der Waals surface area contributed by atoms with E-state index in [9.17, 15) is 4.79 Å². The number of benzene rings is 2. The first-order chi connectivity index (χ1) is 13.5. The van der Waals surface area contributed by atoms with Crippen molar-refractivity contribution < 1.29 is 14.3 Å². The molecular formula is C20H23N5O3. The van der Waals surface area contributed by atoms with E-state index in [1.54, 1.807) is 20.3 Å². The highest BCUT2D eigenvalue weighted by atomic mass is 16.5. The maximum absolute atomic E-state index is 13.1. The molecule has 0 saturated heterocycles. The third kappa shape index (κ3) is 4.46. The van der Waals surface area contributed by atoms with Gasteiger partial charge in [0.05, 0.1) is 14.2 Å². The summed E-state index contributed by atoms with van der Waals surface area (Å²) < 4.78 is 10.7. The van der Waals surface area contributed by atoms with Crippen molar-refractivity contribution in [3.63, 3.8) is 0 Å². The number of H-pyrrole nitrogens is 1. The van der Waals surface area contributed by atoms with Crippen molar-refractivity contribution in [2.45, 2.75) is 26.2 Å². The van der Waals surface area contributed by atoms with Crippen LogP contribution in [-0.2, 0) is 11.2 Å². The number of amides is 1. The monoisotopic (exact) mass is 381 g/mol. The molecule has 0 bridgehead atoms. The standard InChI is InChI=1S/C20H23N5O3/c1-12-7-13(2)9-15(8-12)21-20(26)17(19-22-24-25-23-19)10-14-5-6-16(27-3)11-18(14)28-4/h5-9,11,17H,10H2,1-4H3,(H,21,26)(H,22,23,24,25)/t17-/m1/s1. The number of nitrogens with one attached hydrogen (secondary N) is 2. The zero-order valence-corrected chi connectivity index (χ0v) is 16.3. The highest BCUT2D eigenvalue weighted by molar-refractivity contribution is 5.95. The summed E-state index contributed by atoms with van der Waals surface area (Å²) in [5, 5.41) is 17.0. The van der Waals surface area contributed by atoms with Crippen LogP contribution >= 0.6 is 0 Å². The summed E-state index contributed by atoms with van der Waals surface area (Å²) in [6, 6.07) is 11.4. The molecule has 8 nitrogen and oxygen atoms in total. The molecule has 0 saturated carbocycles. The molecule has 0 aliphatic carbocycles. The Hall–Kier alpha value is -3.42. The van der Waals surface area contributed by atoms with E-state index in [4.69, 9.17) is 9.47 Å². The number of hydrogen-bond acceptors (Lipinski definition) is 6. The molecule has 0 aliphatic heterocycles. The maximum Gasteiger partial charge on any atom is 0.235 e. The van der Waals surface area contributed by atoms with E-state index in [0.717, 1.165) is 22.4 Å². The lowest BCUT2D eigenvalue weighted by atomic mass is 9.96. The van der Waals surface area contributed by atoms with Gasteiger partial charge in [0.25, 0.3) is 0 Å². The normalized spacial score (nSPS) is 11.7. The summed E-state index contributed by atoms with van der Waals surface area (Å²) in [7, 11) is 3.17. The van der Waals surface area contributed by atoms with Crippen LogP contribution < -0.4 is 14.8 Å². The zero-order valence-electron chi connectivity index (χ0n) is 16.3. The van der Waals surface area contributed by atoms with Gasteiger partial charge in [-0.2, -0.15) is 5.21 Å². The van der Waals surface area contributed by atoms with Crippen LogP contribution in [-0.4, -0.2) is 40.8 Å². The number of nitrogens with zero attached hydrogens (tertiary/aromatic N) is 3. The Labute approximate surface area is 163 Å². The first-order valence-corrected chi connectivity index (χ1v) is 8.83. The Bertz CT molecular complexity index is 936. The smallest absolute Gasteiger partial charge is 0.235 e. The van der Waals surface area contributed by atoms with E-state index in [2.05, 4.69) is 32.0 Å². The second-order valence-electron chi connectivity index (χ2n) is 6.57. The minimum Gasteiger partial charge on any atom is -0.497 e. The third-order valence-corrected chi connectivity index (χ3v) is 4.40. The topological polar surface area (TPSA) is 102 Å². The third-order valence-electron chi connectivity index (χ3n) is 4.40. The van der Waals surface area contributed by atoms with Gasteiger partial charge in [-0.05, 0) is 55.2 Å². The fourth-order valence-electron chi connectivity index (χ4n) is 3.14. The summed E-state index contributed by atoms with van der Waals surface area (Å²) in [4.78, 5) is 13.1. The lowest BCUT2D eigenvalue weighted by Crippen LogP contribution is -2.24. The van der Waals surface area contributed by atoms with Crippen LogP contribution in [0.25, 0.3) is 0 Å². The quantitative estimate of drug-likeness (QED) is 0.652. The molecule has 1 amide bonds. The fourth-order valence-corrected chi connectivity index (χ4v) is 3.14. The predicted molar refractivity (Wildman–Crippen MR) is 105 cm³/mol. The summed E-state index contributed by atoms with van der Waals surface area (Å²) in [6.07, 6.45) is 0.351. The number of rotatable bonds is 7. The zero-order chi connectivity index (χ0) is 20.1. The lowest BCUT2D eigenvalue weighted by Gasteiger charge is -2.17. The van der Waals surface area contributed by atoms with Crippen LogP contribution in [0.4, 0.5) is 5.69 Å². The number of carbonyl (C=O) groups is 1. The number of hydrogen-bond donors (Lipinski definition) is 2. The van der Waals surface area contributed by atoms with Crippen LogP contribution in [0.2, 0.25) is 0 Å². The van der Waals surface area contributed by atoms with Gasteiger partial charge in [0.1, 0.15) is 17.4 Å². The van der Waals surface area contributed by atoms with Crippen molar-refractivity contribution in [1.29, 1.82) is 0 Å². The Balaban J connectivity index is 1.89. The van der Waals surface area contributed by atoms with E-state index in [1.807, 2.05) is 38.1 Å². The number of carbonyl (C=O) groups excluding carboxylic acids is 1. The van der Waals surface area contributed by atoms with Gasteiger partial charge in [-0.3, -0.25) is 4.79 Å². The molecule has 0 aliphatic rings. The van der Waals surface area contributed by atoms with Gasteiger partial charge < -0.3 is 14.8 Å². The van der Waals surface area contributed by atoms with Crippen LogP contribution in [0.3, 0.4) is 0 Å². The Kier molecular flexibility index (Phi) is 5.88. The molecule has 0 radical (unpaired) electrons. The molecule has 28 heavy (non-hydrogen) atoms. The summed E-state index contributed by atoms with van der Waals surface area (Å²) in [5.74, 6) is 0.773. The molecule has 1 aromatic heterocycles. The van der Waals surface area contributed by atoms with Gasteiger partial charge in [0, 0.05) is 11.8 Å². The molecule has 0 fully saturated rings. The Morgan fingerprint density at radius 1 is 1.11 bits per heavy atom. The van der Waals surface area contributed by atoms with E-state index < -0.39 is 5.92 Å². The molecule has 146 valence electrons. The molecule has 3 aromatic rings. The SMILES string of the molecule is COc1ccc(C[C@@H](C(=O)Nc2cc(C)cc(C)c2)c2nn[nH]n2)c(OC)c1. The van der Waals surface area contributed by atoms with Gasteiger partial charge in [-0.15, -0.1) is 10.2 Å². The summed E-state index contributed by atoms with van der Waals surface area (Å²) in [5.41, 5.74) is 3.72. The molecule has 2 aromatic carbocycles. The minimum atomic E-state index is -0.637. The average Bonchev–Trinajstić information content (AvgIpc) is 3.19. The van der Waals surface area contributed by atoms with Crippen molar-refractivity contribution in [3.8, 4) is 11.5 Å². The Morgan fingerprint density at radius 2 is 1.86 bits per heavy atom. The van der Waals surface area contributed by atoms with Crippen molar-refractivity contribution in [2.75, 3.05) is 19.5 Å². The fraction of sp³-hybridized carbons (Fsp3) is 0.300. The van der Waals surface area contributed by atoms with Gasteiger partial charge in [0.15, 0.2) is 5.82 Å². The molecule has 8 heteroatoms. The van der Waals surface area contributed by atoms with Crippen LogP contribution in [0.15, 0.2) is 36.4 Å². The lowest BCUT2D eigenvalue weighted by molar-refractivity contribution is -0.117. The average molecular weight is 381 g/mol. The molecular weight excluding hydrogens is 358 g/mol. The van der Waals surface area contributed by atoms with E-state index in [1.165, 1.54) is 0 Å². The van der Waals surface area contributed by atoms with E-state index in [0.29, 0.717) is 23.7 Å².